The molecule has 14 heteroatoms. The van der Waals surface area contributed by atoms with Crippen molar-refractivity contribution in [3.8, 4) is 17.2 Å². The fourth-order valence-corrected chi connectivity index (χ4v) is 8.99. The zero-order chi connectivity index (χ0) is 34.7. The van der Waals surface area contributed by atoms with Gasteiger partial charge in [0, 0.05) is 24.5 Å². The van der Waals surface area contributed by atoms with Gasteiger partial charge in [-0.25, -0.2) is 24.4 Å². The summed E-state index contributed by atoms with van der Waals surface area (Å²) in [6, 6.07) is 17.5. The van der Waals surface area contributed by atoms with Crippen molar-refractivity contribution in [1.29, 1.82) is 5.26 Å². The van der Waals surface area contributed by atoms with E-state index in [1.54, 1.807) is 11.2 Å². The third-order valence-corrected chi connectivity index (χ3v) is 11.5. The number of nitrogens with zero attached hydrogens (tertiary/aromatic N) is 7. The highest BCUT2D eigenvalue weighted by Crippen LogP contribution is 2.50. The van der Waals surface area contributed by atoms with Crippen molar-refractivity contribution in [2.75, 3.05) is 19.8 Å². The van der Waals surface area contributed by atoms with E-state index in [1.807, 2.05) is 28.8 Å². The van der Waals surface area contributed by atoms with Gasteiger partial charge < -0.3 is 23.5 Å². The first-order valence-corrected chi connectivity index (χ1v) is 18.0. The van der Waals surface area contributed by atoms with Crippen LogP contribution in [0.5, 0.6) is 0 Å². The fourth-order valence-electron chi connectivity index (χ4n) is 7.05. The number of carbonyl (C=O) groups is 1. The summed E-state index contributed by atoms with van der Waals surface area (Å²) in [5.41, 5.74) is 5.48. The second-order valence-corrected chi connectivity index (χ2v) is 14.5. The summed E-state index contributed by atoms with van der Waals surface area (Å²) in [7, 11) is -1.64. The van der Waals surface area contributed by atoms with Crippen molar-refractivity contribution in [2.24, 2.45) is 0 Å². The molecule has 12 nitrogen and oxygen atoms in total. The van der Waals surface area contributed by atoms with Gasteiger partial charge in [-0.1, -0.05) is 60.1 Å². The summed E-state index contributed by atoms with van der Waals surface area (Å²) in [5.74, 6) is -0.125. The summed E-state index contributed by atoms with van der Waals surface area (Å²) < 4.78 is 23.0. The number of aromatic nitrogens is 4. The van der Waals surface area contributed by atoms with Crippen molar-refractivity contribution in [1.82, 2.24) is 29.1 Å². The quantitative estimate of drug-likeness (QED) is 0.0929. The van der Waals surface area contributed by atoms with E-state index in [0.29, 0.717) is 24.1 Å². The van der Waals surface area contributed by atoms with E-state index >= 15 is 0 Å². The van der Waals surface area contributed by atoms with Crippen LogP contribution in [0, 0.1) is 11.3 Å². The molecule has 2 aromatic carbocycles. The number of imidazole rings is 1. The van der Waals surface area contributed by atoms with Gasteiger partial charge in [0.15, 0.2) is 10.8 Å². The number of aliphatic hydroxyl groups is 1. The van der Waals surface area contributed by atoms with E-state index < -0.39 is 32.8 Å². The van der Waals surface area contributed by atoms with Crippen LogP contribution in [-0.2, 0) is 20.3 Å². The molecular weight excluding hydrogens is 665 g/mol. The molecule has 3 heterocycles. The molecule has 258 valence electrons. The number of ether oxygens (including phenoxy) is 1. The SMILES string of the molecule is CC(C)N(C(C)C)P(OCCC#N)O[C@H]1C[C@H](Cn2cnc3c(Cl)ncnc32)N(C(=O)OCC2c3ccccc3-c3ccccc32)[C@@H]1CO. The van der Waals surface area contributed by atoms with Crippen LogP contribution in [0.1, 0.15) is 57.6 Å². The van der Waals surface area contributed by atoms with Crippen molar-refractivity contribution in [3.05, 3.63) is 77.5 Å². The van der Waals surface area contributed by atoms with Crippen LogP contribution in [0.2, 0.25) is 5.15 Å². The molecule has 1 unspecified atom stereocenters. The predicted molar refractivity (Wildman–Crippen MR) is 187 cm³/mol. The Morgan fingerprint density at radius 2 is 1.76 bits per heavy atom. The lowest BCUT2D eigenvalue weighted by Crippen LogP contribution is -2.47. The maximum absolute atomic E-state index is 14.2. The first-order chi connectivity index (χ1) is 23.7. The first-order valence-electron chi connectivity index (χ1n) is 16.5. The van der Waals surface area contributed by atoms with Crippen molar-refractivity contribution in [3.63, 3.8) is 0 Å². The van der Waals surface area contributed by atoms with Crippen LogP contribution in [-0.4, -0.2) is 90.4 Å². The second-order valence-electron chi connectivity index (χ2n) is 12.8. The van der Waals surface area contributed by atoms with Crippen LogP contribution in [0.25, 0.3) is 22.3 Å². The molecule has 1 aliphatic heterocycles. The van der Waals surface area contributed by atoms with Gasteiger partial charge in [-0.3, -0.25) is 4.90 Å². The summed E-state index contributed by atoms with van der Waals surface area (Å²) in [5, 5.41) is 20.3. The molecule has 1 aliphatic carbocycles. The summed E-state index contributed by atoms with van der Waals surface area (Å²) in [6.45, 7) is 8.54. The molecule has 6 rings (SSSR count). The van der Waals surface area contributed by atoms with E-state index in [0.717, 1.165) is 22.3 Å². The van der Waals surface area contributed by atoms with Crippen LogP contribution < -0.4 is 0 Å². The maximum Gasteiger partial charge on any atom is 0.410 e. The number of rotatable bonds is 13. The van der Waals surface area contributed by atoms with Crippen molar-refractivity contribution < 1.29 is 23.7 Å². The molecule has 2 aliphatic rings. The Morgan fingerprint density at radius 1 is 1.08 bits per heavy atom. The number of likely N-dealkylation sites (tertiary alicyclic amines) is 1. The summed E-state index contributed by atoms with van der Waals surface area (Å²) >= 11 is 6.30. The molecule has 49 heavy (non-hydrogen) atoms. The fraction of sp³-hybridized carbons (Fsp3) is 0.457. The first kappa shape index (κ1) is 35.1. The van der Waals surface area contributed by atoms with Crippen LogP contribution in [0.15, 0.2) is 61.2 Å². The van der Waals surface area contributed by atoms with Gasteiger partial charge >= 0.3 is 6.09 Å². The third-order valence-electron chi connectivity index (χ3n) is 9.07. The topological polar surface area (TPSA) is 139 Å². The lowest BCUT2D eigenvalue weighted by Gasteiger charge is -2.37. The second kappa shape index (κ2) is 15.5. The minimum Gasteiger partial charge on any atom is -0.448 e. The Balaban J connectivity index is 1.29. The Labute approximate surface area is 292 Å². The maximum atomic E-state index is 14.2. The molecule has 4 aromatic rings. The predicted octanol–water partition coefficient (Wildman–Crippen LogP) is 6.53. The highest BCUT2D eigenvalue weighted by Gasteiger charge is 2.48. The molecule has 4 atom stereocenters. The largest absolute Gasteiger partial charge is 0.448 e. The number of benzene rings is 2. The van der Waals surface area contributed by atoms with Gasteiger partial charge in [-0.15, -0.1) is 0 Å². The molecule has 0 radical (unpaired) electrons. The molecular formula is C35H41ClN7O5P. The number of aliphatic hydroxyl groups excluding tert-OH is 1. The highest BCUT2D eigenvalue weighted by atomic mass is 35.5. The zero-order valence-corrected chi connectivity index (χ0v) is 29.7. The molecule has 1 fully saturated rings. The van der Waals surface area contributed by atoms with Gasteiger partial charge in [-0.2, -0.15) is 5.26 Å². The van der Waals surface area contributed by atoms with Gasteiger partial charge in [0.05, 0.1) is 50.2 Å². The minimum atomic E-state index is -1.64. The highest BCUT2D eigenvalue weighted by molar-refractivity contribution is 7.44. The molecule has 1 N–H and O–H groups in total. The van der Waals surface area contributed by atoms with Gasteiger partial charge in [0.25, 0.3) is 8.53 Å². The van der Waals surface area contributed by atoms with Crippen LogP contribution in [0.4, 0.5) is 4.79 Å². The van der Waals surface area contributed by atoms with Gasteiger partial charge in [0.2, 0.25) is 0 Å². The average Bonchev–Trinajstić information content (AvgIpc) is 3.76. The van der Waals surface area contributed by atoms with Gasteiger partial charge in [-0.05, 0) is 56.4 Å². The minimum absolute atomic E-state index is 0.0814. The molecule has 1 saturated heterocycles. The Morgan fingerprint density at radius 3 is 2.39 bits per heavy atom. The van der Waals surface area contributed by atoms with E-state index in [-0.39, 0.29) is 49.4 Å². The number of fused-ring (bicyclic) bond motifs is 4. The third kappa shape index (κ3) is 7.15. The molecule has 1 amide bonds. The lowest BCUT2D eigenvalue weighted by molar-refractivity contribution is 0.0419. The number of amides is 1. The molecule has 0 spiro atoms. The number of carbonyl (C=O) groups excluding carboxylic acids is 1. The van der Waals surface area contributed by atoms with Gasteiger partial charge in [0.1, 0.15) is 18.5 Å². The van der Waals surface area contributed by atoms with Crippen molar-refractivity contribution in [2.45, 2.75) is 83.3 Å². The van der Waals surface area contributed by atoms with Crippen LogP contribution >= 0.6 is 20.1 Å². The normalized spacial score (nSPS) is 19.5. The van der Waals surface area contributed by atoms with E-state index in [2.05, 4.69) is 77.7 Å². The smallest absolute Gasteiger partial charge is 0.410 e. The number of nitriles is 1. The van der Waals surface area contributed by atoms with Crippen LogP contribution in [0.3, 0.4) is 0 Å². The number of halogens is 1. The summed E-state index contributed by atoms with van der Waals surface area (Å²) in [6.07, 6.45) is 2.47. The van der Waals surface area contributed by atoms with E-state index in [9.17, 15) is 15.2 Å². The van der Waals surface area contributed by atoms with E-state index in [1.165, 1.54) is 6.33 Å². The molecule has 2 aromatic heterocycles. The number of hydrogen-bond acceptors (Lipinski definition) is 10. The molecule has 0 saturated carbocycles. The monoisotopic (exact) mass is 705 g/mol. The average molecular weight is 706 g/mol. The Hall–Kier alpha value is -3.69. The van der Waals surface area contributed by atoms with E-state index in [4.69, 9.17) is 25.4 Å². The Kier molecular flexibility index (Phi) is 11.1. The summed E-state index contributed by atoms with van der Waals surface area (Å²) in [4.78, 5) is 28.7. The van der Waals surface area contributed by atoms with Crippen molar-refractivity contribution >= 4 is 37.4 Å². The Bertz CT molecular complexity index is 1760. The number of hydrogen-bond donors (Lipinski definition) is 1. The lowest BCUT2D eigenvalue weighted by atomic mass is 9.98. The molecule has 0 bridgehead atoms. The zero-order valence-electron chi connectivity index (χ0n) is 28.0. The standard InChI is InChI=1S/C35H41ClN7O5P/c1-22(2)43(23(3)4)49(47-15-9-14-37)48-31-16-24(17-41-21-40-32-33(36)38-20-39-34(32)41)42(30(31)18-44)35(45)46-19-29-27-12-7-5-10-25(27)26-11-6-8-13-28(26)29/h5-8,10-13,20-24,29-31,44H,9,15-19H2,1-4H3/t24-,30-,31+,49?/m1/s1.